The highest BCUT2D eigenvalue weighted by atomic mass is 32.2. The summed E-state index contributed by atoms with van der Waals surface area (Å²) in [6.45, 7) is 7.34. The fourth-order valence-corrected chi connectivity index (χ4v) is 7.11. The Balaban J connectivity index is 1.65. The zero-order chi connectivity index (χ0) is 21.0. The van der Waals surface area contributed by atoms with Gasteiger partial charge >= 0.3 is 0 Å². The van der Waals surface area contributed by atoms with Gasteiger partial charge in [0.2, 0.25) is 5.91 Å². The van der Waals surface area contributed by atoms with Crippen molar-refractivity contribution in [2.75, 3.05) is 12.9 Å². The number of carbonyl (C=O) groups excluding carboxylic acids is 1. The van der Waals surface area contributed by atoms with E-state index in [1.54, 1.807) is 12.1 Å². The lowest BCUT2D eigenvalue weighted by Gasteiger charge is -2.53. The summed E-state index contributed by atoms with van der Waals surface area (Å²) in [5, 5.41) is 3.42. The van der Waals surface area contributed by atoms with Gasteiger partial charge in [-0.15, -0.1) is 0 Å². The number of nitrogens with one attached hydrogen (secondary N) is 1. The Labute approximate surface area is 174 Å². The number of amides is 1. The Bertz CT molecular complexity index is 892. The first-order valence-electron chi connectivity index (χ1n) is 10.8. The van der Waals surface area contributed by atoms with Gasteiger partial charge in [0.25, 0.3) is 0 Å². The minimum atomic E-state index is -3.21. The highest BCUT2D eigenvalue weighted by molar-refractivity contribution is 7.90. The SMILES string of the molecule is CCCC(=O)N[C@H]1C(C)(C)[C@@H]2C[C@@H]3[C@@H](c4ccc(S(C)(=O)=O)cc4)OCC[C@@]31C2. The quantitative estimate of drug-likeness (QED) is 0.786. The number of ether oxygens (including phenoxy) is 1. The summed E-state index contributed by atoms with van der Waals surface area (Å²) < 4.78 is 29.9. The lowest BCUT2D eigenvalue weighted by Crippen LogP contribution is -2.58. The van der Waals surface area contributed by atoms with Gasteiger partial charge in [-0.2, -0.15) is 0 Å². The molecule has 0 aromatic heterocycles. The van der Waals surface area contributed by atoms with Crippen LogP contribution in [0.25, 0.3) is 0 Å². The summed E-state index contributed by atoms with van der Waals surface area (Å²) in [6.07, 6.45) is 5.85. The van der Waals surface area contributed by atoms with Crippen LogP contribution in [-0.4, -0.2) is 33.2 Å². The number of carbonyl (C=O) groups is 1. The van der Waals surface area contributed by atoms with Crippen molar-refractivity contribution in [2.24, 2.45) is 22.7 Å². The first-order chi connectivity index (χ1) is 13.6. The first kappa shape index (κ1) is 20.9. The first-order valence-corrected chi connectivity index (χ1v) is 12.7. The standard InChI is InChI=1S/C23H33NO4S/c1-5-6-19(25)24-21-22(2,3)16-13-18-20(28-12-11-23(18,21)14-16)15-7-9-17(10-8-15)29(4,26)27/h7-10,16,18,20-21H,5-6,11-14H2,1-4H3,(H,24,25)/t16-,18-,20-,21+,23-/m1/s1. The predicted molar refractivity (Wildman–Crippen MR) is 112 cm³/mol. The van der Waals surface area contributed by atoms with Crippen LogP contribution in [0.3, 0.4) is 0 Å². The number of sulfone groups is 1. The van der Waals surface area contributed by atoms with Crippen LogP contribution < -0.4 is 5.32 Å². The van der Waals surface area contributed by atoms with Crippen LogP contribution in [0.15, 0.2) is 29.2 Å². The van der Waals surface area contributed by atoms with E-state index in [0.29, 0.717) is 29.8 Å². The van der Waals surface area contributed by atoms with E-state index in [9.17, 15) is 13.2 Å². The summed E-state index contributed by atoms with van der Waals surface area (Å²) in [5.74, 6) is 1.08. The minimum absolute atomic E-state index is 0.0379. The van der Waals surface area contributed by atoms with Crippen LogP contribution >= 0.6 is 0 Å². The van der Waals surface area contributed by atoms with Crippen LogP contribution in [0.2, 0.25) is 0 Å². The summed E-state index contributed by atoms with van der Waals surface area (Å²) in [5.41, 5.74) is 1.20. The number of rotatable bonds is 5. The average molecular weight is 420 g/mol. The molecule has 3 fully saturated rings. The van der Waals surface area contributed by atoms with Crippen LogP contribution in [0.5, 0.6) is 0 Å². The third-order valence-corrected chi connectivity index (χ3v) is 9.05. The fourth-order valence-electron chi connectivity index (χ4n) is 6.48. The molecule has 4 rings (SSSR count). The lowest BCUT2D eigenvalue weighted by atomic mass is 9.59. The van der Waals surface area contributed by atoms with E-state index in [1.165, 1.54) is 6.26 Å². The average Bonchev–Trinajstić information content (AvgIpc) is 3.14. The zero-order valence-electron chi connectivity index (χ0n) is 17.9. The van der Waals surface area contributed by atoms with E-state index in [0.717, 1.165) is 31.2 Å². The predicted octanol–water partition coefficient (Wildman–Crippen LogP) is 3.89. The van der Waals surface area contributed by atoms with Crippen molar-refractivity contribution in [1.29, 1.82) is 0 Å². The van der Waals surface area contributed by atoms with Crippen molar-refractivity contribution in [3.63, 3.8) is 0 Å². The maximum absolute atomic E-state index is 12.5. The maximum Gasteiger partial charge on any atom is 0.220 e. The molecule has 2 saturated carbocycles. The normalized spacial score (nSPS) is 35.3. The van der Waals surface area contributed by atoms with Crippen LogP contribution in [0.1, 0.15) is 64.5 Å². The third kappa shape index (κ3) is 3.32. The van der Waals surface area contributed by atoms with Gasteiger partial charge in [-0.25, -0.2) is 8.42 Å². The minimum Gasteiger partial charge on any atom is -0.373 e. The van der Waals surface area contributed by atoms with Crippen molar-refractivity contribution in [1.82, 2.24) is 5.32 Å². The molecule has 1 heterocycles. The van der Waals surface area contributed by atoms with Gasteiger partial charge in [-0.3, -0.25) is 4.79 Å². The largest absolute Gasteiger partial charge is 0.373 e. The second kappa shape index (κ2) is 7.09. The molecule has 5 atom stereocenters. The molecule has 0 unspecified atom stereocenters. The van der Waals surface area contributed by atoms with Crippen molar-refractivity contribution in [3.8, 4) is 0 Å². The van der Waals surface area contributed by atoms with E-state index in [2.05, 4.69) is 19.2 Å². The van der Waals surface area contributed by atoms with Gasteiger partial charge in [0.1, 0.15) is 0 Å². The molecular weight excluding hydrogens is 386 g/mol. The molecule has 1 spiro atoms. The molecule has 3 aliphatic rings. The smallest absolute Gasteiger partial charge is 0.220 e. The molecule has 29 heavy (non-hydrogen) atoms. The number of hydrogen-bond donors (Lipinski definition) is 1. The molecule has 1 aliphatic heterocycles. The molecule has 1 N–H and O–H groups in total. The Morgan fingerprint density at radius 2 is 1.93 bits per heavy atom. The Morgan fingerprint density at radius 1 is 1.24 bits per heavy atom. The van der Waals surface area contributed by atoms with Crippen molar-refractivity contribution in [2.45, 2.75) is 69.9 Å². The molecule has 0 radical (unpaired) electrons. The summed E-state index contributed by atoms with van der Waals surface area (Å²) in [7, 11) is -3.21. The monoisotopic (exact) mass is 419 g/mol. The van der Waals surface area contributed by atoms with Crippen molar-refractivity contribution >= 4 is 15.7 Å². The molecule has 1 aromatic rings. The number of benzene rings is 1. The van der Waals surface area contributed by atoms with Gasteiger partial charge in [0.15, 0.2) is 9.84 Å². The van der Waals surface area contributed by atoms with Gasteiger partial charge in [0, 0.05) is 25.3 Å². The Kier molecular flexibility index (Phi) is 5.10. The summed E-state index contributed by atoms with van der Waals surface area (Å²) in [4.78, 5) is 12.9. The van der Waals surface area contributed by atoms with Gasteiger partial charge in [-0.1, -0.05) is 32.9 Å². The van der Waals surface area contributed by atoms with E-state index in [-0.39, 0.29) is 28.9 Å². The molecule has 2 aliphatic carbocycles. The van der Waals surface area contributed by atoms with Crippen molar-refractivity contribution < 1.29 is 17.9 Å². The second-order valence-corrected chi connectivity index (χ2v) is 11.9. The van der Waals surface area contributed by atoms with E-state index in [4.69, 9.17) is 4.74 Å². The van der Waals surface area contributed by atoms with Gasteiger partial charge in [-0.05, 0) is 66.0 Å². The van der Waals surface area contributed by atoms with E-state index < -0.39 is 9.84 Å². The van der Waals surface area contributed by atoms with Gasteiger partial charge < -0.3 is 10.1 Å². The number of fused-ring (bicyclic) bond motifs is 1. The van der Waals surface area contributed by atoms with Crippen LogP contribution in [0, 0.1) is 22.7 Å². The number of hydrogen-bond acceptors (Lipinski definition) is 4. The van der Waals surface area contributed by atoms with Crippen LogP contribution in [-0.2, 0) is 19.4 Å². The highest BCUT2D eigenvalue weighted by Crippen LogP contribution is 2.70. The maximum atomic E-state index is 12.5. The topological polar surface area (TPSA) is 72.5 Å². The molecule has 1 amide bonds. The molecule has 1 saturated heterocycles. The van der Waals surface area contributed by atoms with E-state index >= 15 is 0 Å². The van der Waals surface area contributed by atoms with Crippen molar-refractivity contribution in [3.05, 3.63) is 29.8 Å². The van der Waals surface area contributed by atoms with Crippen LogP contribution in [0.4, 0.5) is 0 Å². The fraction of sp³-hybridized carbons (Fsp3) is 0.696. The summed E-state index contributed by atoms with van der Waals surface area (Å²) >= 11 is 0. The molecule has 2 bridgehead atoms. The Hall–Kier alpha value is -1.40. The highest BCUT2D eigenvalue weighted by Gasteiger charge is 2.68. The van der Waals surface area contributed by atoms with E-state index in [1.807, 2.05) is 19.1 Å². The van der Waals surface area contributed by atoms with Gasteiger partial charge in [0.05, 0.1) is 11.0 Å². The summed E-state index contributed by atoms with van der Waals surface area (Å²) in [6, 6.07) is 7.35. The molecule has 6 heteroatoms. The molecular formula is C23H33NO4S. The third-order valence-electron chi connectivity index (χ3n) is 7.92. The zero-order valence-corrected chi connectivity index (χ0v) is 18.7. The molecule has 160 valence electrons. The molecule has 1 aromatic carbocycles. The Morgan fingerprint density at radius 3 is 2.55 bits per heavy atom. The lowest BCUT2D eigenvalue weighted by molar-refractivity contribution is -0.137. The molecule has 5 nitrogen and oxygen atoms in total. The second-order valence-electron chi connectivity index (χ2n) is 9.93.